The van der Waals surface area contributed by atoms with E-state index in [4.69, 9.17) is 4.74 Å². The molecular weight excluding hydrogens is 210 g/mol. The summed E-state index contributed by atoms with van der Waals surface area (Å²) in [6, 6.07) is 7.00. The van der Waals surface area contributed by atoms with Crippen LogP contribution in [0.15, 0.2) is 18.2 Å². The van der Waals surface area contributed by atoms with Gasteiger partial charge in [0.15, 0.2) is 0 Å². The van der Waals surface area contributed by atoms with Crippen LogP contribution in [0.5, 0.6) is 5.75 Å². The van der Waals surface area contributed by atoms with Crippen molar-refractivity contribution in [3.05, 3.63) is 29.3 Å². The van der Waals surface area contributed by atoms with E-state index < -0.39 is 0 Å². The fourth-order valence-electron chi connectivity index (χ4n) is 2.28. The summed E-state index contributed by atoms with van der Waals surface area (Å²) in [4.78, 5) is 0. The Balaban J connectivity index is 2.94. The van der Waals surface area contributed by atoms with Crippen molar-refractivity contribution >= 4 is 0 Å². The Kier molecular flexibility index (Phi) is 4.58. The van der Waals surface area contributed by atoms with Gasteiger partial charge in [0.25, 0.3) is 0 Å². The van der Waals surface area contributed by atoms with Gasteiger partial charge < -0.3 is 10.1 Å². The first kappa shape index (κ1) is 14.0. The smallest absolute Gasteiger partial charge is 0.121 e. The maximum atomic E-state index is 5.30. The fourth-order valence-corrected chi connectivity index (χ4v) is 2.28. The van der Waals surface area contributed by atoms with Crippen molar-refractivity contribution < 1.29 is 4.74 Å². The molecule has 0 amide bonds. The monoisotopic (exact) mass is 235 g/mol. The minimum Gasteiger partial charge on any atom is -0.496 e. The van der Waals surface area contributed by atoms with Gasteiger partial charge in [-0.05, 0) is 49.9 Å². The van der Waals surface area contributed by atoms with Crippen molar-refractivity contribution in [2.24, 2.45) is 0 Å². The number of nitrogens with one attached hydrogen (secondary N) is 1. The molecule has 0 bridgehead atoms. The second kappa shape index (κ2) is 5.54. The van der Waals surface area contributed by atoms with Crippen LogP contribution in [0.1, 0.15) is 38.3 Å². The summed E-state index contributed by atoms with van der Waals surface area (Å²) in [5.41, 5.74) is 2.76. The van der Waals surface area contributed by atoms with Gasteiger partial charge in [-0.25, -0.2) is 0 Å². The van der Waals surface area contributed by atoms with E-state index in [-0.39, 0.29) is 5.41 Å². The van der Waals surface area contributed by atoms with E-state index in [9.17, 15) is 0 Å². The summed E-state index contributed by atoms with van der Waals surface area (Å²) in [7, 11) is 3.73. The van der Waals surface area contributed by atoms with Crippen molar-refractivity contribution in [3.63, 3.8) is 0 Å². The number of methoxy groups -OCH3 is 1. The molecule has 0 radical (unpaired) electrons. The third-order valence-corrected chi connectivity index (χ3v) is 3.49. The lowest BCUT2D eigenvalue weighted by Crippen LogP contribution is -2.30. The van der Waals surface area contributed by atoms with E-state index in [1.54, 1.807) is 7.11 Å². The molecule has 0 spiro atoms. The van der Waals surface area contributed by atoms with Gasteiger partial charge in [-0.3, -0.25) is 0 Å². The lowest BCUT2D eigenvalue weighted by atomic mass is 9.79. The molecule has 0 saturated heterocycles. The van der Waals surface area contributed by atoms with Gasteiger partial charge >= 0.3 is 0 Å². The highest BCUT2D eigenvalue weighted by atomic mass is 16.5. The lowest BCUT2D eigenvalue weighted by Gasteiger charge is -2.29. The fraction of sp³-hybridized carbons (Fsp3) is 0.600. The SMILES string of the molecule is CNC(C)CC(C)(C)c1ccc(OC)c(C)c1. The Morgan fingerprint density at radius 1 is 1.35 bits per heavy atom. The highest BCUT2D eigenvalue weighted by Gasteiger charge is 2.23. The first-order valence-corrected chi connectivity index (χ1v) is 6.23. The van der Waals surface area contributed by atoms with E-state index in [0.717, 1.165) is 12.2 Å². The molecule has 2 nitrogen and oxygen atoms in total. The lowest BCUT2D eigenvalue weighted by molar-refractivity contribution is 0.399. The van der Waals surface area contributed by atoms with E-state index in [2.05, 4.69) is 51.2 Å². The first-order valence-electron chi connectivity index (χ1n) is 6.23. The number of ether oxygens (including phenoxy) is 1. The van der Waals surface area contributed by atoms with Gasteiger partial charge in [0.2, 0.25) is 0 Å². The van der Waals surface area contributed by atoms with Crippen LogP contribution in [0.25, 0.3) is 0 Å². The third-order valence-electron chi connectivity index (χ3n) is 3.49. The highest BCUT2D eigenvalue weighted by molar-refractivity contribution is 5.39. The normalized spacial score (nSPS) is 13.5. The van der Waals surface area contributed by atoms with Crippen LogP contribution in [0, 0.1) is 6.92 Å². The number of benzene rings is 1. The maximum Gasteiger partial charge on any atom is 0.121 e. The van der Waals surface area contributed by atoms with E-state index in [0.29, 0.717) is 6.04 Å². The van der Waals surface area contributed by atoms with Crippen molar-refractivity contribution in [1.82, 2.24) is 5.32 Å². The zero-order valence-electron chi connectivity index (χ0n) is 11.9. The predicted octanol–water partition coefficient (Wildman–Crippen LogP) is 3.28. The number of aryl methyl sites for hydroxylation is 1. The molecule has 0 aliphatic heterocycles. The van der Waals surface area contributed by atoms with Gasteiger partial charge in [0.1, 0.15) is 5.75 Å². The maximum absolute atomic E-state index is 5.30. The predicted molar refractivity (Wildman–Crippen MR) is 73.9 cm³/mol. The second-order valence-corrected chi connectivity index (χ2v) is 5.46. The summed E-state index contributed by atoms with van der Waals surface area (Å²) in [6.07, 6.45) is 1.12. The molecule has 1 atom stereocenters. The topological polar surface area (TPSA) is 21.3 Å². The molecule has 0 aliphatic rings. The molecule has 0 fully saturated rings. The van der Waals surface area contributed by atoms with Crippen molar-refractivity contribution in [2.45, 2.75) is 45.6 Å². The Labute approximate surface area is 105 Å². The van der Waals surface area contributed by atoms with E-state index >= 15 is 0 Å². The molecule has 1 rings (SSSR count). The van der Waals surface area contributed by atoms with E-state index in [1.807, 2.05) is 7.05 Å². The van der Waals surface area contributed by atoms with Gasteiger partial charge in [0.05, 0.1) is 7.11 Å². The van der Waals surface area contributed by atoms with Crippen molar-refractivity contribution in [3.8, 4) is 5.75 Å². The summed E-state index contributed by atoms with van der Waals surface area (Å²) >= 11 is 0. The molecule has 0 aromatic heterocycles. The molecule has 0 heterocycles. The van der Waals surface area contributed by atoms with Crippen LogP contribution in [0.3, 0.4) is 0 Å². The van der Waals surface area contributed by atoms with Crippen LogP contribution < -0.4 is 10.1 Å². The molecule has 17 heavy (non-hydrogen) atoms. The standard InChI is InChI=1S/C15H25NO/c1-11-9-13(7-8-14(11)17-6)15(3,4)10-12(2)16-5/h7-9,12,16H,10H2,1-6H3. The average molecular weight is 235 g/mol. The van der Waals surface area contributed by atoms with Gasteiger partial charge in [-0.15, -0.1) is 0 Å². The summed E-state index contributed by atoms with van der Waals surface area (Å²) < 4.78 is 5.30. The van der Waals surface area contributed by atoms with E-state index in [1.165, 1.54) is 11.1 Å². The minimum absolute atomic E-state index is 0.180. The molecule has 1 aromatic carbocycles. The molecular formula is C15H25NO. The molecule has 1 aromatic rings. The number of hydrogen-bond acceptors (Lipinski definition) is 2. The summed E-state index contributed by atoms with van der Waals surface area (Å²) in [6.45, 7) is 8.90. The minimum atomic E-state index is 0.180. The Morgan fingerprint density at radius 3 is 2.47 bits per heavy atom. The van der Waals surface area contributed by atoms with Gasteiger partial charge in [-0.2, -0.15) is 0 Å². The Bertz CT molecular complexity index is 371. The Hall–Kier alpha value is -1.02. The first-order chi connectivity index (χ1) is 7.90. The number of rotatable bonds is 5. The van der Waals surface area contributed by atoms with Crippen molar-refractivity contribution in [1.29, 1.82) is 0 Å². The second-order valence-electron chi connectivity index (χ2n) is 5.46. The molecule has 1 N–H and O–H groups in total. The van der Waals surface area contributed by atoms with Crippen molar-refractivity contribution in [2.75, 3.05) is 14.2 Å². The molecule has 2 heteroatoms. The molecule has 1 unspecified atom stereocenters. The van der Waals surface area contributed by atoms with Crippen LogP contribution in [-0.4, -0.2) is 20.2 Å². The zero-order chi connectivity index (χ0) is 13.1. The molecule has 96 valence electrons. The van der Waals surface area contributed by atoms with Crippen LogP contribution in [0.4, 0.5) is 0 Å². The quantitative estimate of drug-likeness (QED) is 0.845. The highest BCUT2D eigenvalue weighted by Crippen LogP contribution is 2.31. The van der Waals surface area contributed by atoms with Crippen LogP contribution >= 0.6 is 0 Å². The number of hydrogen-bond donors (Lipinski definition) is 1. The third kappa shape index (κ3) is 3.47. The summed E-state index contributed by atoms with van der Waals surface area (Å²) in [5, 5.41) is 3.30. The van der Waals surface area contributed by atoms with Crippen LogP contribution in [0.2, 0.25) is 0 Å². The zero-order valence-corrected chi connectivity index (χ0v) is 11.9. The molecule has 0 saturated carbocycles. The van der Waals surface area contributed by atoms with Gasteiger partial charge in [-0.1, -0.05) is 26.0 Å². The van der Waals surface area contributed by atoms with Crippen LogP contribution in [-0.2, 0) is 5.41 Å². The largest absolute Gasteiger partial charge is 0.496 e. The molecule has 0 aliphatic carbocycles. The average Bonchev–Trinajstić information content (AvgIpc) is 2.28. The van der Waals surface area contributed by atoms with Gasteiger partial charge in [0, 0.05) is 6.04 Å². The Morgan fingerprint density at radius 2 is 2.00 bits per heavy atom. The summed E-state index contributed by atoms with van der Waals surface area (Å²) in [5.74, 6) is 0.964.